The molecule has 3 heteroatoms. The van der Waals surface area contributed by atoms with E-state index in [1.54, 1.807) is 0 Å². The van der Waals surface area contributed by atoms with Crippen LogP contribution in [-0.4, -0.2) is 30.5 Å². The lowest BCUT2D eigenvalue weighted by atomic mass is 10.1. The summed E-state index contributed by atoms with van der Waals surface area (Å²) >= 11 is 0. The predicted molar refractivity (Wildman–Crippen MR) is 69.8 cm³/mol. The Hall–Kier alpha value is -1.51. The topological polar surface area (TPSA) is 29.5 Å². The largest absolute Gasteiger partial charge is 0.484 e. The second-order valence-corrected chi connectivity index (χ2v) is 5.16. The van der Waals surface area contributed by atoms with Crippen molar-refractivity contribution < 1.29 is 9.53 Å². The molecule has 96 valence electrons. The second kappa shape index (κ2) is 5.01. The van der Waals surface area contributed by atoms with Crippen LogP contribution in [0.25, 0.3) is 0 Å². The molecule has 0 saturated carbocycles. The van der Waals surface area contributed by atoms with E-state index in [-0.39, 0.29) is 12.5 Å². The minimum absolute atomic E-state index is 0.119. The number of rotatable bonds is 3. The number of aryl methyl sites for hydroxylation is 2. The van der Waals surface area contributed by atoms with E-state index in [2.05, 4.69) is 12.1 Å². The summed E-state index contributed by atoms with van der Waals surface area (Å²) in [6.45, 7) is 1.97. The lowest BCUT2D eigenvalue weighted by molar-refractivity contribution is -0.132. The number of ether oxygens (including phenoxy) is 1. The van der Waals surface area contributed by atoms with Crippen molar-refractivity contribution in [1.82, 2.24) is 4.90 Å². The highest BCUT2D eigenvalue weighted by molar-refractivity contribution is 5.78. The van der Waals surface area contributed by atoms with E-state index in [4.69, 9.17) is 4.74 Å². The molecule has 0 aromatic heterocycles. The van der Waals surface area contributed by atoms with Crippen LogP contribution in [0.5, 0.6) is 5.75 Å². The zero-order chi connectivity index (χ0) is 12.4. The lowest BCUT2D eigenvalue weighted by Crippen LogP contribution is -2.32. The summed E-state index contributed by atoms with van der Waals surface area (Å²) in [6.07, 6.45) is 5.83. The van der Waals surface area contributed by atoms with E-state index in [1.165, 1.54) is 24.0 Å². The summed E-state index contributed by atoms with van der Waals surface area (Å²) in [5.74, 6) is 0.955. The number of carbonyl (C=O) groups excluding carboxylic acids is 1. The van der Waals surface area contributed by atoms with Gasteiger partial charge in [0.15, 0.2) is 6.61 Å². The van der Waals surface area contributed by atoms with Crippen molar-refractivity contribution >= 4 is 5.91 Å². The molecule has 1 amide bonds. The molecular formula is C15H19NO2. The molecule has 1 fully saturated rings. The van der Waals surface area contributed by atoms with Gasteiger partial charge in [0.1, 0.15) is 5.75 Å². The third-order valence-electron chi connectivity index (χ3n) is 3.89. The molecule has 0 atom stereocenters. The lowest BCUT2D eigenvalue weighted by Gasteiger charge is -2.15. The molecule has 1 saturated heterocycles. The number of carbonyl (C=O) groups is 1. The molecule has 1 aliphatic heterocycles. The highest BCUT2D eigenvalue weighted by atomic mass is 16.5. The summed E-state index contributed by atoms with van der Waals surface area (Å²) in [4.78, 5) is 13.7. The van der Waals surface area contributed by atoms with Crippen LogP contribution >= 0.6 is 0 Å². The number of fused-ring (bicyclic) bond motifs is 1. The van der Waals surface area contributed by atoms with E-state index in [0.717, 1.165) is 38.1 Å². The highest BCUT2D eigenvalue weighted by Crippen LogP contribution is 2.26. The van der Waals surface area contributed by atoms with Gasteiger partial charge in [-0.05, 0) is 55.4 Å². The van der Waals surface area contributed by atoms with Gasteiger partial charge in [0.2, 0.25) is 0 Å². The van der Waals surface area contributed by atoms with Crippen LogP contribution in [-0.2, 0) is 17.6 Å². The first-order valence-corrected chi connectivity index (χ1v) is 6.85. The van der Waals surface area contributed by atoms with E-state index in [0.29, 0.717) is 0 Å². The Labute approximate surface area is 108 Å². The van der Waals surface area contributed by atoms with Gasteiger partial charge in [-0.25, -0.2) is 0 Å². The molecule has 1 heterocycles. The van der Waals surface area contributed by atoms with Gasteiger partial charge in [-0.1, -0.05) is 6.07 Å². The Balaban J connectivity index is 1.58. The SMILES string of the molecule is O=C(COc1ccc2c(c1)CCC2)N1CCCC1. The quantitative estimate of drug-likeness (QED) is 0.817. The van der Waals surface area contributed by atoms with E-state index < -0.39 is 0 Å². The maximum absolute atomic E-state index is 11.9. The average molecular weight is 245 g/mol. The van der Waals surface area contributed by atoms with Crippen LogP contribution in [0.15, 0.2) is 18.2 Å². The Morgan fingerprint density at radius 1 is 1.11 bits per heavy atom. The Bertz CT molecular complexity index is 450. The van der Waals surface area contributed by atoms with Gasteiger partial charge in [-0.3, -0.25) is 4.79 Å². The molecule has 18 heavy (non-hydrogen) atoms. The van der Waals surface area contributed by atoms with Crippen LogP contribution in [0.1, 0.15) is 30.4 Å². The van der Waals surface area contributed by atoms with Gasteiger partial charge in [0.05, 0.1) is 0 Å². The minimum Gasteiger partial charge on any atom is -0.484 e. The first-order chi connectivity index (χ1) is 8.83. The number of hydrogen-bond donors (Lipinski definition) is 0. The van der Waals surface area contributed by atoms with Crippen LogP contribution in [0.2, 0.25) is 0 Å². The standard InChI is InChI=1S/C15H19NO2/c17-15(16-8-1-2-9-16)11-18-14-7-6-12-4-3-5-13(12)10-14/h6-7,10H,1-5,8-9,11H2. The predicted octanol–water partition coefficient (Wildman–Crippen LogP) is 2.18. The summed E-state index contributed by atoms with van der Waals surface area (Å²) < 4.78 is 5.61. The van der Waals surface area contributed by atoms with Crippen LogP contribution in [0.4, 0.5) is 0 Å². The average Bonchev–Trinajstić information content (AvgIpc) is 3.05. The molecular weight excluding hydrogens is 226 g/mol. The first-order valence-electron chi connectivity index (χ1n) is 6.85. The van der Waals surface area contributed by atoms with Crippen molar-refractivity contribution in [1.29, 1.82) is 0 Å². The maximum Gasteiger partial charge on any atom is 0.260 e. The third kappa shape index (κ3) is 2.35. The molecule has 0 radical (unpaired) electrons. The molecule has 0 unspecified atom stereocenters. The van der Waals surface area contributed by atoms with Gasteiger partial charge >= 0.3 is 0 Å². The van der Waals surface area contributed by atoms with Crippen molar-refractivity contribution in [3.8, 4) is 5.75 Å². The molecule has 3 rings (SSSR count). The zero-order valence-corrected chi connectivity index (χ0v) is 10.7. The van der Waals surface area contributed by atoms with Crippen molar-refractivity contribution in [3.05, 3.63) is 29.3 Å². The Morgan fingerprint density at radius 2 is 1.89 bits per heavy atom. The third-order valence-corrected chi connectivity index (χ3v) is 3.89. The normalized spacial score (nSPS) is 17.9. The molecule has 1 aromatic rings. The second-order valence-electron chi connectivity index (χ2n) is 5.16. The van der Waals surface area contributed by atoms with Gasteiger partial charge in [0.25, 0.3) is 5.91 Å². The fourth-order valence-corrected chi connectivity index (χ4v) is 2.84. The highest BCUT2D eigenvalue weighted by Gasteiger charge is 2.18. The van der Waals surface area contributed by atoms with Gasteiger partial charge in [-0.15, -0.1) is 0 Å². The summed E-state index contributed by atoms with van der Waals surface area (Å²) in [6, 6.07) is 6.22. The minimum atomic E-state index is 0.119. The Morgan fingerprint density at radius 3 is 2.72 bits per heavy atom. The summed E-state index contributed by atoms with van der Waals surface area (Å²) in [5.41, 5.74) is 2.83. The van der Waals surface area contributed by atoms with Gasteiger partial charge < -0.3 is 9.64 Å². The zero-order valence-electron chi connectivity index (χ0n) is 10.7. The smallest absolute Gasteiger partial charge is 0.260 e. The molecule has 2 aliphatic rings. The van der Waals surface area contributed by atoms with E-state index >= 15 is 0 Å². The van der Waals surface area contributed by atoms with E-state index in [1.807, 2.05) is 11.0 Å². The van der Waals surface area contributed by atoms with Crippen molar-refractivity contribution in [2.24, 2.45) is 0 Å². The Kier molecular flexibility index (Phi) is 3.22. The van der Waals surface area contributed by atoms with Crippen molar-refractivity contribution in [2.45, 2.75) is 32.1 Å². The van der Waals surface area contributed by atoms with Crippen LogP contribution in [0.3, 0.4) is 0 Å². The monoisotopic (exact) mass is 245 g/mol. The number of amides is 1. The van der Waals surface area contributed by atoms with Crippen LogP contribution in [0, 0.1) is 0 Å². The number of likely N-dealkylation sites (tertiary alicyclic amines) is 1. The fourth-order valence-electron chi connectivity index (χ4n) is 2.84. The first kappa shape index (κ1) is 11.6. The molecule has 1 aliphatic carbocycles. The maximum atomic E-state index is 11.9. The molecule has 0 bridgehead atoms. The van der Waals surface area contributed by atoms with E-state index in [9.17, 15) is 4.79 Å². The van der Waals surface area contributed by atoms with Crippen LogP contribution < -0.4 is 4.74 Å². The van der Waals surface area contributed by atoms with Crippen molar-refractivity contribution in [3.63, 3.8) is 0 Å². The van der Waals surface area contributed by atoms with Gasteiger partial charge in [-0.2, -0.15) is 0 Å². The summed E-state index contributed by atoms with van der Waals surface area (Å²) in [7, 11) is 0. The van der Waals surface area contributed by atoms with Crippen molar-refractivity contribution in [2.75, 3.05) is 19.7 Å². The molecule has 0 N–H and O–H groups in total. The summed E-state index contributed by atoms with van der Waals surface area (Å²) in [5, 5.41) is 0. The molecule has 1 aromatic carbocycles. The fraction of sp³-hybridized carbons (Fsp3) is 0.533. The number of hydrogen-bond acceptors (Lipinski definition) is 2. The molecule has 3 nitrogen and oxygen atoms in total. The van der Waals surface area contributed by atoms with Gasteiger partial charge in [0, 0.05) is 13.1 Å². The molecule has 0 spiro atoms. The number of nitrogens with zero attached hydrogens (tertiary/aromatic N) is 1. The number of benzene rings is 1.